The van der Waals surface area contributed by atoms with Gasteiger partial charge in [-0.2, -0.15) is 0 Å². The molecular formula is C17H24INO2. The number of ether oxygens (including phenoxy) is 2. The van der Waals surface area contributed by atoms with Crippen molar-refractivity contribution in [1.82, 2.24) is 5.32 Å². The minimum atomic E-state index is 0.0689. The summed E-state index contributed by atoms with van der Waals surface area (Å²) in [4.78, 5) is 0. The largest absolute Gasteiger partial charge is 0.381 e. The van der Waals surface area contributed by atoms with Gasteiger partial charge in [-0.05, 0) is 78.9 Å². The number of halogens is 1. The fraction of sp³-hybridized carbons (Fsp3) is 0.647. The predicted octanol–water partition coefficient (Wildman–Crippen LogP) is 3.53. The molecule has 1 aromatic rings. The lowest BCUT2D eigenvalue weighted by Crippen LogP contribution is -2.46. The Labute approximate surface area is 140 Å². The van der Waals surface area contributed by atoms with E-state index >= 15 is 0 Å². The third kappa shape index (κ3) is 3.60. The summed E-state index contributed by atoms with van der Waals surface area (Å²) in [5.41, 5.74) is 1.46. The highest BCUT2D eigenvalue weighted by molar-refractivity contribution is 14.1. The van der Waals surface area contributed by atoms with E-state index in [-0.39, 0.29) is 5.60 Å². The van der Waals surface area contributed by atoms with Crippen molar-refractivity contribution in [2.45, 2.75) is 37.3 Å². The lowest BCUT2D eigenvalue weighted by Gasteiger charge is -2.45. The van der Waals surface area contributed by atoms with Crippen LogP contribution in [0.2, 0.25) is 0 Å². The molecule has 1 spiro atoms. The molecule has 3 rings (SSSR count). The Hall–Kier alpha value is -0.170. The molecule has 2 fully saturated rings. The monoisotopic (exact) mass is 401 g/mol. The van der Waals surface area contributed by atoms with Gasteiger partial charge in [-0.15, -0.1) is 0 Å². The van der Waals surface area contributed by atoms with Gasteiger partial charge in [0.15, 0.2) is 0 Å². The summed E-state index contributed by atoms with van der Waals surface area (Å²) in [6.07, 6.45) is 4.38. The van der Waals surface area contributed by atoms with Crippen molar-refractivity contribution >= 4 is 22.6 Å². The lowest BCUT2D eigenvalue weighted by molar-refractivity contribution is -0.150. The van der Waals surface area contributed by atoms with Crippen LogP contribution in [0.3, 0.4) is 0 Å². The lowest BCUT2D eigenvalue weighted by atomic mass is 9.76. The molecule has 0 radical (unpaired) electrons. The Kier molecular flexibility index (Phi) is 5.19. The first kappa shape index (κ1) is 15.7. The Morgan fingerprint density at radius 2 is 1.90 bits per heavy atom. The van der Waals surface area contributed by atoms with E-state index in [0.29, 0.717) is 12.0 Å². The summed E-state index contributed by atoms with van der Waals surface area (Å²) < 4.78 is 13.0. The molecule has 1 aromatic carbocycles. The molecule has 2 saturated heterocycles. The molecule has 0 saturated carbocycles. The second-order valence-corrected chi connectivity index (χ2v) is 7.46. The molecule has 4 heteroatoms. The van der Waals surface area contributed by atoms with Crippen molar-refractivity contribution < 1.29 is 9.47 Å². The molecule has 0 aliphatic carbocycles. The van der Waals surface area contributed by atoms with Crippen molar-refractivity contribution in [3.63, 3.8) is 0 Å². The predicted molar refractivity (Wildman–Crippen MR) is 92.4 cm³/mol. The van der Waals surface area contributed by atoms with E-state index in [2.05, 4.69) is 59.2 Å². The molecule has 2 aliphatic rings. The van der Waals surface area contributed by atoms with Crippen molar-refractivity contribution in [3.05, 3.63) is 33.4 Å². The number of hydrogen-bond donors (Lipinski definition) is 1. The van der Waals surface area contributed by atoms with Crippen LogP contribution in [0.4, 0.5) is 0 Å². The first-order chi connectivity index (χ1) is 10.2. The highest BCUT2D eigenvalue weighted by atomic mass is 127. The summed E-state index contributed by atoms with van der Waals surface area (Å²) in [6, 6.07) is 9.34. The first-order valence-electron chi connectivity index (χ1n) is 7.87. The van der Waals surface area contributed by atoms with Crippen LogP contribution < -0.4 is 5.32 Å². The van der Waals surface area contributed by atoms with E-state index in [4.69, 9.17) is 9.47 Å². The van der Waals surface area contributed by atoms with Gasteiger partial charge < -0.3 is 14.8 Å². The third-order valence-corrected chi connectivity index (χ3v) is 5.67. The van der Waals surface area contributed by atoms with Gasteiger partial charge in [0.25, 0.3) is 0 Å². The summed E-state index contributed by atoms with van der Waals surface area (Å²) in [5, 5.41) is 3.54. The Morgan fingerprint density at radius 1 is 1.19 bits per heavy atom. The molecule has 0 bridgehead atoms. The first-order valence-corrected chi connectivity index (χ1v) is 8.95. The summed E-state index contributed by atoms with van der Waals surface area (Å²) in [6.45, 7) is 2.58. The number of hydrogen-bond acceptors (Lipinski definition) is 3. The van der Waals surface area contributed by atoms with Crippen LogP contribution in [0.25, 0.3) is 0 Å². The van der Waals surface area contributed by atoms with Crippen LogP contribution in [-0.2, 0) is 9.47 Å². The molecule has 21 heavy (non-hydrogen) atoms. The molecule has 2 aliphatic heterocycles. The van der Waals surface area contributed by atoms with Gasteiger partial charge in [0.05, 0.1) is 5.60 Å². The molecule has 2 heterocycles. The van der Waals surface area contributed by atoms with E-state index in [0.717, 1.165) is 45.5 Å². The van der Waals surface area contributed by atoms with Gasteiger partial charge in [0.1, 0.15) is 0 Å². The summed E-state index contributed by atoms with van der Waals surface area (Å²) >= 11 is 2.36. The number of benzene rings is 1. The van der Waals surface area contributed by atoms with Crippen molar-refractivity contribution in [2.24, 2.45) is 5.92 Å². The third-order valence-electron chi connectivity index (χ3n) is 4.95. The maximum absolute atomic E-state index is 6.18. The average Bonchev–Trinajstić information content (AvgIpc) is 2.51. The van der Waals surface area contributed by atoms with Gasteiger partial charge >= 0.3 is 0 Å². The average molecular weight is 401 g/mol. The zero-order valence-corrected chi connectivity index (χ0v) is 14.8. The second kappa shape index (κ2) is 6.94. The highest BCUT2D eigenvalue weighted by Gasteiger charge is 2.41. The van der Waals surface area contributed by atoms with Gasteiger partial charge in [-0.25, -0.2) is 0 Å². The zero-order valence-electron chi connectivity index (χ0n) is 12.6. The van der Waals surface area contributed by atoms with Crippen LogP contribution in [0.1, 0.15) is 37.3 Å². The molecule has 2 unspecified atom stereocenters. The van der Waals surface area contributed by atoms with E-state index in [9.17, 15) is 0 Å². The fourth-order valence-corrected chi connectivity index (χ4v) is 4.15. The van der Waals surface area contributed by atoms with Crippen LogP contribution in [0, 0.1) is 9.49 Å². The van der Waals surface area contributed by atoms with Crippen LogP contribution in [0.15, 0.2) is 24.3 Å². The van der Waals surface area contributed by atoms with Gasteiger partial charge in [0.2, 0.25) is 0 Å². The van der Waals surface area contributed by atoms with Gasteiger partial charge in [-0.1, -0.05) is 12.1 Å². The molecule has 3 nitrogen and oxygen atoms in total. The maximum Gasteiger partial charge on any atom is 0.0729 e. The molecule has 1 N–H and O–H groups in total. The minimum Gasteiger partial charge on any atom is -0.381 e. The summed E-state index contributed by atoms with van der Waals surface area (Å²) in [5.74, 6) is 0.641. The Bertz CT molecular complexity index is 451. The van der Waals surface area contributed by atoms with Gasteiger partial charge in [0, 0.05) is 29.4 Å². The van der Waals surface area contributed by atoms with Crippen LogP contribution in [0.5, 0.6) is 0 Å². The molecule has 116 valence electrons. The van der Waals surface area contributed by atoms with E-state index < -0.39 is 0 Å². The topological polar surface area (TPSA) is 30.5 Å². The van der Waals surface area contributed by atoms with E-state index in [1.165, 1.54) is 9.13 Å². The van der Waals surface area contributed by atoms with Crippen molar-refractivity contribution in [1.29, 1.82) is 0 Å². The number of rotatable bonds is 3. The second-order valence-electron chi connectivity index (χ2n) is 6.21. The molecule has 0 aromatic heterocycles. The highest BCUT2D eigenvalue weighted by Crippen LogP contribution is 2.41. The number of nitrogens with one attached hydrogen (secondary N) is 1. The fourth-order valence-electron chi connectivity index (χ4n) is 3.79. The maximum atomic E-state index is 6.18. The quantitative estimate of drug-likeness (QED) is 0.787. The van der Waals surface area contributed by atoms with E-state index in [1.807, 2.05) is 0 Å². The van der Waals surface area contributed by atoms with Crippen molar-refractivity contribution in [2.75, 3.05) is 26.9 Å². The smallest absolute Gasteiger partial charge is 0.0729 e. The van der Waals surface area contributed by atoms with Crippen LogP contribution in [-0.4, -0.2) is 32.5 Å². The van der Waals surface area contributed by atoms with E-state index in [1.54, 1.807) is 0 Å². The molecule has 2 atom stereocenters. The molecule has 0 amide bonds. The Balaban J connectivity index is 1.75. The molecular weight excluding hydrogens is 377 g/mol. The zero-order chi connectivity index (χ0) is 14.7. The Morgan fingerprint density at radius 3 is 2.57 bits per heavy atom. The SMILES string of the molecule is CNC(c1ccc(I)cc1)C1CCOC2(CCOCC2)C1. The van der Waals surface area contributed by atoms with Crippen LogP contribution >= 0.6 is 22.6 Å². The normalized spacial score (nSPS) is 26.7. The summed E-state index contributed by atoms with van der Waals surface area (Å²) in [7, 11) is 2.08. The minimum absolute atomic E-state index is 0.0689. The van der Waals surface area contributed by atoms with Crippen molar-refractivity contribution in [3.8, 4) is 0 Å². The van der Waals surface area contributed by atoms with Gasteiger partial charge in [-0.3, -0.25) is 0 Å². The standard InChI is InChI=1S/C17H24INO2/c1-19-16(13-2-4-15(18)5-3-13)14-6-9-21-17(12-14)7-10-20-11-8-17/h2-5,14,16,19H,6-12H2,1H3.